The van der Waals surface area contributed by atoms with E-state index in [0.717, 1.165) is 6.42 Å². The lowest BCUT2D eigenvalue weighted by atomic mass is 10.1. The van der Waals surface area contributed by atoms with Gasteiger partial charge in [-0.05, 0) is 40.4 Å². The van der Waals surface area contributed by atoms with Gasteiger partial charge in [-0.15, -0.1) is 0 Å². The van der Waals surface area contributed by atoms with E-state index < -0.39 is 11.7 Å². The number of Topliss-reactive ketones (excluding diaryl/α,β-unsaturated/α-hetero) is 1. The van der Waals surface area contributed by atoms with E-state index >= 15 is 0 Å². The summed E-state index contributed by atoms with van der Waals surface area (Å²) in [6.07, 6.45) is 0.876. The van der Waals surface area contributed by atoms with Gasteiger partial charge in [-0.2, -0.15) is 0 Å². The van der Waals surface area contributed by atoms with Crippen molar-refractivity contribution in [3.63, 3.8) is 0 Å². The van der Waals surface area contributed by atoms with E-state index in [4.69, 9.17) is 0 Å². The Morgan fingerprint density at radius 2 is 2.05 bits per heavy atom. The fourth-order valence-corrected chi connectivity index (χ4v) is 2.69. The number of carbonyl (C=O) groups is 3. The number of rotatable bonds is 5. The molecular weight excluding hydrogens is 336 g/mol. The Kier molecular flexibility index (Phi) is 4.77. The Morgan fingerprint density at radius 3 is 2.71 bits per heavy atom. The number of ketones is 1. The Bertz CT molecular complexity index is 599. The minimum atomic E-state index is -0.657. The molecule has 0 saturated heterocycles. The summed E-state index contributed by atoms with van der Waals surface area (Å²) in [6, 6.07) is 5.11. The molecule has 0 aromatic heterocycles. The molecule has 1 N–H and O–H groups in total. The molecule has 0 radical (unpaired) electrons. The highest BCUT2D eigenvalue weighted by atomic mass is 79.9. The molecule has 112 valence electrons. The van der Waals surface area contributed by atoms with Crippen LogP contribution >= 0.6 is 15.9 Å². The highest BCUT2D eigenvalue weighted by molar-refractivity contribution is 9.10. The van der Waals surface area contributed by atoms with Crippen LogP contribution in [-0.2, 0) is 9.59 Å². The summed E-state index contributed by atoms with van der Waals surface area (Å²) in [4.78, 5) is 37.1. The average Bonchev–Trinajstić information content (AvgIpc) is 2.65. The van der Waals surface area contributed by atoms with E-state index in [9.17, 15) is 14.4 Å². The molecule has 5 nitrogen and oxygen atoms in total. The van der Waals surface area contributed by atoms with Gasteiger partial charge < -0.3 is 5.32 Å². The van der Waals surface area contributed by atoms with Gasteiger partial charge in [0.25, 0.3) is 11.7 Å². The highest BCUT2D eigenvalue weighted by Crippen LogP contribution is 2.33. The minimum Gasteiger partial charge on any atom is -0.355 e. The lowest BCUT2D eigenvalue weighted by molar-refractivity contribution is -0.122. The SMILES string of the molecule is CC(C)CCNC(=O)CN1C(=O)C(=O)c2c(Br)cccc21. The molecule has 0 atom stereocenters. The summed E-state index contributed by atoms with van der Waals surface area (Å²) < 4.78 is 0.570. The Hall–Kier alpha value is -1.69. The number of benzene rings is 1. The van der Waals surface area contributed by atoms with Gasteiger partial charge in [0, 0.05) is 11.0 Å². The Balaban J connectivity index is 2.08. The van der Waals surface area contributed by atoms with Crippen molar-refractivity contribution in [2.45, 2.75) is 20.3 Å². The van der Waals surface area contributed by atoms with Crippen molar-refractivity contribution in [3.05, 3.63) is 28.2 Å². The second-order valence-electron chi connectivity index (χ2n) is 5.39. The molecule has 6 heteroatoms. The zero-order valence-electron chi connectivity index (χ0n) is 12.0. The quantitative estimate of drug-likeness (QED) is 0.825. The Morgan fingerprint density at radius 1 is 1.33 bits per heavy atom. The topological polar surface area (TPSA) is 66.5 Å². The predicted octanol–water partition coefficient (Wildman–Crippen LogP) is 2.14. The normalized spacial score (nSPS) is 13.8. The number of nitrogens with one attached hydrogen (secondary N) is 1. The maximum Gasteiger partial charge on any atom is 0.299 e. The average molecular weight is 353 g/mol. The largest absolute Gasteiger partial charge is 0.355 e. The first-order valence-corrected chi connectivity index (χ1v) is 7.62. The molecule has 0 saturated carbocycles. The van der Waals surface area contributed by atoms with E-state index in [1.807, 2.05) is 0 Å². The standard InChI is InChI=1S/C15H17BrN2O3/c1-9(2)6-7-17-12(19)8-18-11-5-3-4-10(16)13(11)14(20)15(18)21/h3-5,9H,6-8H2,1-2H3,(H,17,19). The van der Waals surface area contributed by atoms with Crippen LogP contribution in [0.25, 0.3) is 0 Å². The van der Waals surface area contributed by atoms with Crippen LogP contribution in [0.15, 0.2) is 22.7 Å². The molecule has 1 heterocycles. The van der Waals surface area contributed by atoms with Gasteiger partial charge in [-0.25, -0.2) is 0 Å². The van der Waals surface area contributed by atoms with E-state index in [1.165, 1.54) is 4.90 Å². The van der Waals surface area contributed by atoms with E-state index in [-0.39, 0.29) is 12.5 Å². The van der Waals surface area contributed by atoms with E-state index in [0.29, 0.717) is 28.2 Å². The molecule has 1 aliphatic heterocycles. The molecule has 1 aliphatic rings. The summed E-state index contributed by atoms with van der Waals surface area (Å²) in [6.45, 7) is 4.58. The van der Waals surface area contributed by atoms with Crippen LogP contribution in [0.5, 0.6) is 0 Å². The third kappa shape index (κ3) is 3.32. The van der Waals surface area contributed by atoms with E-state index in [2.05, 4.69) is 35.1 Å². The van der Waals surface area contributed by atoms with Crippen molar-refractivity contribution >= 4 is 39.2 Å². The number of nitrogens with zero attached hydrogens (tertiary/aromatic N) is 1. The number of halogens is 1. The molecule has 1 aromatic carbocycles. The van der Waals surface area contributed by atoms with Crippen LogP contribution in [0.2, 0.25) is 0 Å². The van der Waals surface area contributed by atoms with Gasteiger partial charge in [0.15, 0.2) is 0 Å². The van der Waals surface area contributed by atoms with Crippen LogP contribution in [-0.4, -0.2) is 30.7 Å². The summed E-state index contributed by atoms with van der Waals surface area (Å²) >= 11 is 3.27. The van der Waals surface area contributed by atoms with Crippen LogP contribution in [0, 0.1) is 5.92 Å². The van der Waals surface area contributed by atoms with E-state index in [1.54, 1.807) is 18.2 Å². The number of fused-ring (bicyclic) bond motifs is 1. The molecule has 0 spiro atoms. The number of hydrogen-bond acceptors (Lipinski definition) is 3. The zero-order chi connectivity index (χ0) is 15.6. The molecule has 0 bridgehead atoms. The molecule has 2 rings (SSSR count). The van der Waals surface area contributed by atoms with Gasteiger partial charge in [0.1, 0.15) is 6.54 Å². The smallest absolute Gasteiger partial charge is 0.299 e. The maximum atomic E-state index is 12.0. The fraction of sp³-hybridized carbons (Fsp3) is 0.400. The zero-order valence-corrected chi connectivity index (χ0v) is 13.6. The third-order valence-electron chi connectivity index (χ3n) is 3.29. The fourth-order valence-electron chi connectivity index (χ4n) is 2.16. The first-order chi connectivity index (χ1) is 9.91. The van der Waals surface area contributed by atoms with Crippen molar-refractivity contribution in [3.8, 4) is 0 Å². The van der Waals surface area contributed by atoms with Gasteiger partial charge in [-0.3, -0.25) is 19.3 Å². The van der Waals surface area contributed by atoms with Gasteiger partial charge in [0.05, 0.1) is 11.3 Å². The molecular formula is C15H17BrN2O3. The number of carbonyl (C=O) groups excluding carboxylic acids is 3. The first-order valence-electron chi connectivity index (χ1n) is 6.83. The molecule has 0 unspecified atom stereocenters. The van der Waals surface area contributed by atoms with Crippen molar-refractivity contribution in [2.75, 3.05) is 18.0 Å². The first kappa shape index (κ1) is 15.7. The number of amides is 2. The summed E-state index contributed by atoms with van der Waals surface area (Å²) in [5.74, 6) is -0.995. The molecule has 21 heavy (non-hydrogen) atoms. The minimum absolute atomic E-state index is 0.133. The van der Waals surface area contributed by atoms with Gasteiger partial charge in [0.2, 0.25) is 5.91 Å². The second kappa shape index (κ2) is 6.39. The molecule has 1 aromatic rings. The molecule has 0 fully saturated rings. The second-order valence-corrected chi connectivity index (χ2v) is 6.24. The van der Waals surface area contributed by atoms with Crippen molar-refractivity contribution in [1.29, 1.82) is 0 Å². The van der Waals surface area contributed by atoms with Gasteiger partial charge in [-0.1, -0.05) is 19.9 Å². The van der Waals surface area contributed by atoms with Crippen LogP contribution in [0.4, 0.5) is 5.69 Å². The van der Waals surface area contributed by atoms with Gasteiger partial charge >= 0.3 is 0 Å². The maximum absolute atomic E-state index is 12.0. The van der Waals surface area contributed by atoms with Crippen LogP contribution in [0.3, 0.4) is 0 Å². The third-order valence-corrected chi connectivity index (χ3v) is 3.96. The number of hydrogen-bond donors (Lipinski definition) is 1. The predicted molar refractivity (Wildman–Crippen MR) is 83.3 cm³/mol. The van der Waals surface area contributed by atoms with Crippen molar-refractivity contribution < 1.29 is 14.4 Å². The van der Waals surface area contributed by atoms with Crippen LogP contribution in [0.1, 0.15) is 30.6 Å². The van der Waals surface area contributed by atoms with Crippen LogP contribution < -0.4 is 10.2 Å². The Labute approximate surface area is 131 Å². The molecule has 2 amide bonds. The summed E-state index contributed by atoms with van der Waals surface area (Å²) in [7, 11) is 0. The lowest BCUT2D eigenvalue weighted by Gasteiger charge is -2.16. The summed E-state index contributed by atoms with van der Waals surface area (Å²) in [5.41, 5.74) is 0.816. The van der Waals surface area contributed by atoms with Crippen molar-refractivity contribution in [1.82, 2.24) is 5.32 Å². The molecule has 0 aliphatic carbocycles. The van der Waals surface area contributed by atoms with Crippen molar-refractivity contribution in [2.24, 2.45) is 5.92 Å². The number of anilines is 1. The summed E-state index contributed by atoms with van der Waals surface area (Å²) in [5, 5.41) is 2.77. The monoisotopic (exact) mass is 352 g/mol. The highest BCUT2D eigenvalue weighted by Gasteiger charge is 2.38. The lowest BCUT2D eigenvalue weighted by Crippen LogP contribution is -2.40.